The smallest absolute Gasteiger partial charge is 0.405 e. The number of hydrogen-bond donors (Lipinski definition) is 2. The minimum atomic E-state index is -4.88. The fourth-order valence-corrected chi connectivity index (χ4v) is 1.49. The van der Waals surface area contributed by atoms with Gasteiger partial charge in [-0.25, -0.2) is 0 Å². The Labute approximate surface area is 105 Å². The first-order chi connectivity index (χ1) is 8.88. The first kappa shape index (κ1) is 12.9. The normalized spacial score (nSPS) is 11.3. The van der Waals surface area contributed by atoms with Crippen molar-refractivity contribution in [2.45, 2.75) is 6.36 Å². The van der Waals surface area contributed by atoms with E-state index in [1.54, 1.807) is 0 Å². The van der Waals surface area contributed by atoms with E-state index >= 15 is 0 Å². The molecule has 2 rings (SSSR count). The monoisotopic (exact) mass is 271 g/mol. The third kappa shape index (κ3) is 2.84. The number of anilines is 1. The molecule has 0 bridgehead atoms. The molecule has 0 aliphatic heterocycles. The zero-order valence-corrected chi connectivity index (χ0v) is 9.36. The van der Waals surface area contributed by atoms with Gasteiger partial charge >= 0.3 is 6.36 Å². The molecule has 0 saturated heterocycles. The number of H-pyrrole nitrogens is 1. The number of aromatic amines is 1. The number of carbonyl (C=O) groups is 1. The number of alkyl halides is 3. The van der Waals surface area contributed by atoms with Crippen molar-refractivity contribution in [3.8, 4) is 5.75 Å². The molecule has 3 N–H and O–H groups in total. The molecule has 5 nitrogen and oxygen atoms in total. The summed E-state index contributed by atoms with van der Waals surface area (Å²) in [5.41, 5.74) is 5.20. The van der Waals surface area contributed by atoms with Crippen LogP contribution in [0.1, 0.15) is 15.9 Å². The summed E-state index contributed by atoms with van der Waals surface area (Å²) in [6, 6.07) is 5.02. The number of carbonyl (C=O) groups excluding carboxylic acids is 1. The van der Waals surface area contributed by atoms with Gasteiger partial charge in [0, 0.05) is 0 Å². The summed E-state index contributed by atoms with van der Waals surface area (Å²) < 4.78 is 40.5. The van der Waals surface area contributed by atoms with E-state index in [0.29, 0.717) is 0 Å². The van der Waals surface area contributed by atoms with Gasteiger partial charge in [0.15, 0.2) is 0 Å². The molecule has 0 fully saturated rings. The minimum absolute atomic E-state index is 0.0155. The number of nitrogens with one attached hydrogen (secondary N) is 1. The van der Waals surface area contributed by atoms with E-state index in [9.17, 15) is 18.0 Å². The lowest BCUT2D eigenvalue weighted by atomic mass is 10.0. The predicted octanol–water partition coefficient (Wildman–Crippen LogP) is 2.12. The van der Waals surface area contributed by atoms with Gasteiger partial charge in [-0.3, -0.25) is 9.89 Å². The molecule has 0 atom stereocenters. The van der Waals surface area contributed by atoms with Crippen LogP contribution < -0.4 is 10.5 Å². The number of ether oxygens (including phenoxy) is 1. The lowest BCUT2D eigenvalue weighted by Gasteiger charge is -2.12. The Morgan fingerprint density at radius 3 is 2.53 bits per heavy atom. The Kier molecular flexibility index (Phi) is 3.16. The van der Waals surface area contributed by atoms with E-state index in [2.05, 4.69) is 14.9 Å². The van der Waals surface area contributed by atoms with Crippen LogP contribution in [0.4, 0.5) is 19.0 Å². The van der Waals surface area contributed by atoms with Gasteiger partial charge in [-0.05, 0) is 12.1 Å². The third-order valence-corrected chi connectivity index (χ3v) is 2.27. The fourth-order valence-electron chi connectivity index (χ4n) is 1.49. The summed E-state index contributed by atoms with van der Waals surface area (Å²) in [7, 11) is 0. The molecule has 8 heteroatoms. The number of para-hydroxylation sites is 1. The van der Waals surface area contributed by atoms with Crippen molar-refractivity contribution >= 4 is 11.6 Å². The van der Waals surface area contributed by atoms with Crippen LogP contribution in [0.2, 0.25) is 0 Å². The maximum absolute atomic E-state index is 12.2. The zero-order chi connectivity index (χ0) is 14.0. The molecule has 100 valence electrons. The van der Waals surface area contributed by atoms with E-state index in [1.807, 2.05) is 0 Å². The zero-order valence-electron chi connectivity index (χ0n) is 9.36. The number of nitrogens with two attached hydrogens (primary N) is 1. The summed E-state index contributed by atoms with van der Waals surface area (Å²) >= 11 is 0. The number of nitrogen functional groups attached to an aromatic ring is 1. The van der Waals surface area contributed by atoms with Crippen LogP contribution in [0.15, 0.2) is 30.5 Å². The average Bonchev–Trinajstić information content (AvgIpc) is 2.73. The molecule has 0 amide bonds. The topological polar surface area (TPSA) is 81.0 Å². The Bertz CT molecular complexity index is 607. The lowest BCUT2D eigenvalue weighted by molar-refractivity contribution is -0.274. The second kappa shape index (κ2) is 4.63. The first-order valence-electron chi connectivity index (χ1n) is 5.07. The molecule has 1 heterocycles. The van der Waals surface area contributed by atoms with Gasteiger partial charge in [-0.1, -0.05) is 12.1 Å². The van der Waals surface area contributed by atoms with E-state index in [1.165, 1.54) is 18.2 Å². The number of benzene rings is 1. The number of halogens is 3. The molecule has 0 spiro atoms. The molecule has 1 aromatic carbocycles. The van der Waals surface area contributed by atoms with Crippen LogP contribution in [-0.4, -0.2) is 22.3 Å². The highest BCUT2D eigenvalue weighted by molar-refractivity contribution is 6.13. The van der Waals surface area contributed by atoms with Gasteiger partial charge < -0.3 is 10.5 Å². The van der Waals surface area contributed by atoms with Crippen LogP contribution in [0.3, 0.4) is 0 Å². The fraction of sp³-hybridized carbons (Fsp3) is 0.0909. The van der Waals surface area contributed by atoms with Crippen LogP contribution in [-0.2, 0) is 0 Å². The van der Waals surface area contributed by atoms with Crippen molar-refractivity contribution in [2.75, 3.05) is 5.73 Å². The Morgan fingerprint density at radius 1 is 1.26 bits per heavy atom. The summed E-state index contributed by atoms with van der Waals surface area (Å²) in [5, 5.41) is 5.87. The van der Waals surface area contributed by atoms with E-state index in [0.717, 1.165) is 12.3 Å². The Balaban J connectivity index is 2.40. The number of rotatable bonds is 3. The van der Waals surface area contributed by atoms with Crippen molar-refractivity contribution in [2.24, 2.45) is 0 Å². The molecule has 1 aromatic heterocycles. The van der Waals surface area contributed by atoms with Gasteiger partial charge in [-0.15, -0.1) is 13.2 Å². The maximum Gasteiger partial charge on any atom is 0.573 e. The van der Waals surface area contributed by atoms with E-state index < -0.39 is 17.9 Å². The van der Waals surface area contributed by atoms with Crippen molar-refractivity contribution < 1.29 is 22.7 Å². The molecule has 0 aliphatic carbocycles. The van der Waals surface area contributed by atoms with Gasteiger partial charge in [-0.2, -0.15) is 5.10 Å². The molecule has 0 aliphatic rings. The van der Waals surface area contributed by atoms with Crippen molar-refractivity contribution in [3.63, 3.8) is 0 Å². The molecular formula is C11H8F3N3O2. The van der Waals surface area contributed by atoms with Crippen LogP contribution in [0.5, 0.6) is 5.75 Å². The van der Waals surface area contributed by atoms with E-state index in [4.69, 9.17) is 5.73 Å². The molecule has 19 heavy (non-hydrogen) atoms. The first-order valence-corrected chi connectivity index (χ1v) is 5.07. The number of nitrogens with zero attached hydrogens (tertiary/aromatic N) is 1. The van der Waals surface area contributed by atoms with Crippen LogP contribution >= 0.6 is 0 Å². The summed E-state index contributed by atoms with van der Waals surface area (Å²) in [6.45, 7) is 0. The highest BCUT2D eigenvalue weighted by Gasteiger charge is 2.33. The summed E-state index contributed by atoms with van der Waals surface area (Å²) in [6.07, 6.45) is -3.74. The van der Waals surface area contributed by atoms with Crippen LogP contribution in [0, 0.1) is 0 Å². The SMILES string of the molecule is Nc1[nH]ncc1C(=O)c1ccccc1OC(F)(F)F. The Morgan fingerprint density at radius 2 is 1.95 bits per heavy atom. The van der Waals surface area contributed by atoms with Gasteiger partial charge in [0.25, 0.3) is 0 Å². The molecule has 0 unspecified atom stereocenters. The van der Waals surface area contributed by atoms with Gasteiger partial charge in [0.2, 0.25) is 5.78 Å². The van der Waals surface area contributed by atoms with Crippen molar-refractivity contribution in [1.82, 2.24) is 10.2 Å². The summed E-state index contributed by atoms with van der Waals surface area (Å²) in [5.74, 6) is -1.31. The largest absolute Gasteiger partial charge is 0.573 e. The molecule has 2 aromatic rings. The van der Waals surface area contributed by atoms with E-state index in [-0.39, 0.29) is 16.9 Å². The standard InChI is InChI=1S/C11H8F3N3O2/c12-11(13,14)19-8-4-2-1-3-6(8)9(18)7-5-16-17-10(7)15/h1-5H,(H3,15,16,17). The lowest BCUT2D eigenvalue weighted by Crippen LogP contribution is -2.19. The second-order valence-electron chi connectivity index (χ2n) is 3.57. The second-order valence-corrected chi connectivity index (χ2v) is 3.57. The molecular weight excluding hydrogens is 263 g/mol. The van der Waals surface area contributed by atoms with Gasteiger partial charge in [0.1, 0.15) is 11.6 Å². The number of aromatic nitrogens is 2. The predicted molar refractivity (Wildman–Crippen MR) is 59.6 cm³/mol. The highest BCUT2D eigenvalue weighted by Crippen LogP contribution is 2.28. The van der Waals surface area contributed by atoms with Gasteiger partial charge in [0.05, 0.1) is 17.3 Å². The highest BCUT2D eigenvalue weighted by atomic mass is 19.4. The van der Waals surface area contributed by atoms with Crippen molar-refractivity contribution in [1.29, 1.82) is 0 Å². The quantitative estimate of drug-likeness (QED) is 0.838. The maximum atomic E-state index is 12.2. The van der Waals surface area contributed by atoms with Crippen molar-refractivity contribution in [3.05, 3.63) is 41.6 Å². The molecule has 0 radical (unpaired) electrons. The number of hydrogen-bond acceptors (Lipinski definition) is 4. The summed E-state index contributed by atoms with van der Waals surface area (Å²) in [4.78, 5) is 12.0. The average molecular weight is 271 g/mol. The Hall–Kier alpha value is -2.51. The van der Waals surface area contributed by atoms with Crippen LogP contribution in [0.25, 0.3) is 0 Å². The molecule has 0 saturated carbocycles. The number of ketones is 1. The minimum Gasteiger partial charge on any atom is -0.405 e. The third-order valence-electron chi connectivity index (χ3n) is 2.27.